The molecule has 4 rings (SSSR count). The normalized spacial score (nSPS) is 22.9. The molecular formula is C18H23N3O3. The zero-order chi connectivity index (χ0) is 16.6. The first-order chi connectivity index (χ1) is 11.7. The number of piperidine rings is 1. The van der Waals surface area contributed by atoms with Crippen LogP contribution in [0.15, 0.2) is 24.3 Å². The van der Waals surface area contributed by atoms with Gasteiger partial charge in [-0.3, -0.25) is 4.79 Å². The molecule has 0 aromatic heterocycles. The van der Waals surface area contributed by atoms with Gasteiger partial charge in [-0.2, -0.15) is 0 Å². The van der Waals surface area contributed by atoms with Gasteiger partial charge in [0.25, 0.3) is 0 Å². The Morgan fingerprint density at radius 3 is 2.46 bits per heavy atom. The minimum absolute atomic E-state index is 0.0849. The predicted molar refractivity (Wildman–Crippen MR) is 90.0 cm³/mol. The minimum Gasteiger partial charge on any atom is -0.378 e. The van der Waals surface area contributed by atoms with Crippen molar-refractivity contribution in [2.24, 2.45) is 0 Å². The van der Waals surface area contributed by atoms with E-state index in [1.54, 1.807) is 0 Å². The van der Waals surface area contributed by atoms with Crippen molar-refractivity contribution in [3.05, 3.63) is 29.8 Å². The van der Waals surface area contributed by atoms with Crippen LogP contribution in [0.3, 0.4) is 0 Å². The van der Waals surface area contributed by atoms with E-state index in [-0.39, 0.29) is 17.4 Å². The number of morpholine rings is 1. The van der Waals surface area contributed by atoms with Gasteiger partial charge in [0.2, 0.25) is 5.91 Å². The molecule has 3 aliphatic heterocycles. The van der Waals surface area contributed by atoms with Crippen LogP contribution in [-0.2, 0) is 14.9 Å². The van der Waals surface area contributed by atoms with E-state index in [9.17, 15) is 9.59 Å². The summed E-state index contributed by atoms with van der Waals surface area (Å²) in [6, 6.07) is 8.19. The summed E-state index contributed by atoms with van der Waals surface area (Å²) < 4.78 is 5.32. The Hall–Kier alpha value is -2.08. The van der Waals surface area contributed by atoms with Crippen molar-refractivity contribution in [1.29, 1.82) is 0 Å². The number of benzene rings is 1. The maximum absolute atomic E-state index is 12.7. The molecule has 1 aromatic carbocycles. The molecule has 6 nitrogen and oxygen atoms in total. The summed E-state index contributed by atoms with van der Waals surface area (Å²) in [4.78, 5) is 28.6. The van der Waals surface area contributed by atoms with Crippen LogP contribution < -0.4 is 5.32 Å². The lowest BCUT2D eigenvalue weighted by atomic mass is 9.68. The van der Waals surface area contributed by atoms with Crippen molar-refractivity contribution in [3.8, 4) is 0 Å². The van der Waals surface area contributed by atoms with Crippen molar-refractivity contribution in [2.45, 2.75) is 24.7 Å². The maximum atomic E-state index is 12.7. The molecule has 0 saturated carbocycles. The van der Waals surface area contributed by atoms with Gasteiger partial charge in [0, 0.05) is 43.7 Å². The molecule has 6 heteroatoms. The quantitative estimate of drug-likeness (QED) is 0.790. The first-order valence-electron chi connectivity index (χ1n) is 8.69. The molecular weight excluding hydrogens is 306 g/mol. The summed E-state index contributed by atoms with van der Waals surface area (Å²) >= 11 is 0. The fourth-order valence-corrected chi connectivity index (χ4v) is 4.18. The number of carbonyl (C=O) groups excluding carboxylic acids is 2. The lowest BCUT2D eigenvalue weighted by Gasteiger charge is -2.45. The average Bonchev–Trinajstić information content (AvgIpc) is 2.62. The summed E-state index contributed by atoms with van der Waals surface area (Å²) in [6.45, 7) is 4.00. The molecule has 0 bridgehead atoms. The minimum atomic E-state index is -0.124. The molecule has 2 fully saturated rings. The van der Waals surface area contributed by atoms with Crippen molar-refractivity contribution < 1.29 is 14.3 Å². The fraction of sp³-hybridized carbons (Fsp3) is 0.556. The third kappa shape index (κ3) is 2.65. The van der Waals surface area contributed by atoms with Gasteiger partial charge in [-0.15, -0.1) is 0 Å². The number of ether oxygens (including phenoxy) is 1. The SMILES string of the molecule is O=C1CC2(CCN(C(=O)N3CCOCC3)CC2)c2ccccc2N1. The van der Waals surface area contributed by atoms with Crippen LogP contribution in [-0.4, -0.2) is 61.1 Å². The molecule has 1 aromatic rings. The maximum Gasteiger partial charge on any atom is 0.320 e. The molecule has 3 aliphatic rings. The van der Waals surface area contributed by atoms with Crippen LogP contribution in [0.4, 0.5) is 10.5 Å². The number of likely N-dealkylation sites (tertiary alicyclic amines) is 1. The van der Waals surface area contributed by atoms with Gasteiger partial charge in [0.05, 0.1) is 13.2 Å². The second-order valence-electron chi connectivity index (χ2n) is 6.92. The second-order valence-corrected chi connectivity index (χ2v) is 6.92. The van der Waals surface area contributed by atoms with Gasteiger partial charge >= 0.3 is 6.03 Å². The van der Waals surface area contributed by atoms with E-state index in [4.69, 9.17) is 4.74 Å². The summed E-state index contributed by atoms with van der Waals surface area (Å²) in [5.41, 5.74) is 2.03. The topological polar surface area (TPSA) is 61.9 Å². The van der Waals surface area contributed by atoms with Gasteiger partial charge in [-0.05, 0) is 24.5 Å². The number of anilines is 1. The average molecular weight is 329 g/mol. The van der Waals surface area contributed by atoms with Crippen LogP contribution in [0, 0.1) is 0 Å². The molecule has 0 radical (unpaired) electrons. The Morgan fingerprint density at radius 2 is 1.71 bits per heavy atom. The third-order valence-corrected chi connectivity index (χ3v) is 5.54. The number of hydrogen-bond donors (Lipinski definition) is 1. The van der Waals surface area contributed by atoms with Gasteiger partial charge in [0.15, 0.2) is 0 Å². The molecule has 0 unspecified atom stereocenters. The van der Waals surface area contributed by atoms with Gasteiger partial charge in [-0.25, -0.2) is 4.79 Å². The number of hydrogen-bond acceptors (Lipinski definition) is 3. The summed E-state index contributed by atoms with van der Waals surface area (Å²) in [6.07, 6.45) is 2.20. The predicted octanol–water partition coefficient (Wildman–Crippen LogP) is 1.81. The molecule has 0 atom stereocenters. The molecule has 3 amide bonds. The van der Waals surface area contributed by atoms with Gasteiger partial charge < -0.3 is 19.9 Å². The molecule has 24 heavy (non-hydrogen) atoms. The monoisotopic (exact) mass is 329 g/mol. The van der Waals surface area contributed by atoms with E-state index >= 15 is 0 Å². The Balaban J connectivity index is 1.49. The third-order valence-electron chi connectivity index (χ3n) is 5.54. The van der Waals surface area contributed by atoms with E-state index in [1.807, 2.05) is 28.0 Å². The van der Waals surface area contributed by atoms with E-state index in [0.29, 0.717) is 45.8 Å². The van der Waals surface area contributed by atoms with Crippen LogP contribution in [0.2, 0.25) is 0 Å². The van der Waals surface area contributed by atoms with E-state index < -0.39 is 0 Å². The Labute approximate surface area is 141 Å². The van der Waals surface area contributed by atoms with Crippen LogP contribution in [0.1, 0.15) is 24.8 Å². The Kier molecular flexibility index (Phi) is 3.92. The number of amides is 3. The van der Waals surface area contributed by atoms with E-state index in [2.05, 4.69) is 11.4 Å². The molecule has 3 heterocycles. The first kappa shape index (κ1) is 15.4. The highest BCUT2D eigenvalue weighted by atomic mass is 16.5. The number of carbonyl (C=O) groups is 2. The number of nitrogens with one attached hydrogen (secondary N) is 1. The number of para-hydroxylation sites is 1. The van der Waals surface area contributed by atoms with E-state index in [0.717, 1.165) is 18.5 Å². The lowest BCUT2D eigenvalue weighted by molar-refractivity contribution is -0.118. The summed E-state index contributed by atoms with van der Waals surface area (Å²) in [5, 5.41) is 2.98. The summed E-state index contributed by atoms with van der Waals surface area (Å²) in [7, 11) is 0. The van der Waals surface area contributed by atoms with Crippen LogP contribution in [0.5, 0.6) is 0 Å². The smallest absolute Gasteiger partial charge is 0.320 e. The highest BCUT2D eigenvalue weighted by molar-refractivity contribution is 5.95. The Bertz CT molecular complexity index is 647. The number of nitrogens with zero attached hydrogens (tertiary/aromatic N) is 2. The first-order valence-corrected chi connectivity index (χ1v) is 8.69. The second kappa shape index (κ2) is 6.09. The standard InChI is InChI=1S/C18H23N3O3/c22-16-13-18(14-3-1-2-4-15(14)19-16)5-7-20(8-6-18)17(23)21-9-11-24-12-10-21/h1-4H,5-13H2,(H,19,22). The van der Waals surface area contributed by atoms with Gasteiger partial charge in [0.1, 0.15) is 0 Å². The largest absolute Gasteiger partial charge is 0.378 e. The van der Waals surface area contributed by atoms with E-state index in [1.165, 1.54) is 5.56 Å². The fourth-order valence-electron chi connectivity index (χ4n) is 4.18. The van der Waals surface area contributed by atoms with Crippen LogP contribution >= 0.6 is 0 Å². The zero-order valence-corrected chi connectivity index (χ0v) is 13.8. The number of fused-ring (bicyclic) bond motifs is 2. The zero-order valence-electron chi connectivity index (χ0n) is 13.8. The number of urea groups is 1. The van der Waals surface area contributed by atoms with Crippen molar-refractivity contribution in [2.75, 3.05) is 44.7 Å². The lowest BCUT2D eigenvalue weighted by Crippen LogP contribution is -2.53. The highest BCUT2D eigenvalue weighted by Gasteiger charge is 2.43. The molecule has 1 N–H and O–H groups in total. The van der Waals surface area contributed by atoms with Gasteiger partial charge in [-0.1, -0.05) is 18.2 Å². The van der Waals surface area contributed by atoms with Crippen LogP contribution in [0.25, 0.3) is 0 Å². The Morgan fingerprint density at radius 1 is 1.04 bits per heavy atom. The molecule has 0 aliphatic carbocycles. The molecule has 2 saturated heterocycles. The highest BCUT2D eigenvalue weighted by Crippen LogP contribution is 2.44. The summed E-state index contributed by atoms with van der Waals surface area (Å²) in [5.74, 6) is 0.0849. The van der Waals surface area contributed by atoms with Crippen molar-refractivity contribution >= 4 is 17.6 Å². The molecule has 1 spiro atoms. The molecule has 128 valence electrons. The number of rotatable bonds is 0. The van der Waals surface area contributed by atoms with Crippen molar-refractivity contribution in [3.63, 3.8) is 0 Å². The van der Waals surface area contributed by atoms with Crippen molar-refractivity contribution in [1.82, 2.24) is 9.80 Å².